The fourth-order valence-electron chi connectivity index (χ4n) is 3.30. The average Bonchev–Trinajstić information content (AvgIpc) is 3.15. The zero-order valence-corrected chi connectivity index (χ0v) is 16.1. The van der Waals surface area contributed by atoms with E-state index in [1.54, 1.807) is 0 Å². The van der Waals surface area contributed by atoms with E-state index in [4.69, 9.17) is 9.47 Å². The lowest BCUT2D eigenvalue weighted by atomic mass is 10.2. The molecule has 1 saturated carbocycles. The molecule has 1 aliphatic rings. The number of carbonyl (C=O) groups is 2. The van der Waals surface area contributed by atoms with E-state index < -0.39 is 0 Å². The Hall–Kier alpha value is -2.93. The summed E-state index contributed by atoms with van der Waals surface area (Å²) in [6.45, 7) is 0.270. The summed E-state index contributed by atoms with van der Waals surface area (Å²) in [4.78, 5) is 24.1. The summed E-state index contributed by atoms with van der Waals surface area (Å²) in [5, 5.41) is 5.86. The molecule has 2 aromatic carbocycles. The third-order valence-corrected chi connectivity index (χ3v) is 4.69. The van der Waals surface area contributed by atoms with Crippen LogP contribution < -0.4 is 15.4 Å². The lowest BCUT2D eigenvalue weighted by Crippen LogP contribution is -2.39. The fraction of sp³-hybridized carbons (Fsp3) is 0.364. The lowest BCUT2D eigenvalue weighted by molar-refractivity contribution is -0.126. The van der Waals surface area contributed by atoms with Gasteiger partial charge in [-0.15, -0.1) is 0 Å². The first-order valence-corrected chi connectivity index (χ1v) is 9.67. The second-order valence-corrected chi connectivity index (χ2v) is 7.06. The van der Waals surface area contributed by atoms with Gasteiger partial charge in [0.1, 0.15) is 18.2 Å². The molecule has 29 heavy (non-hydrogen) atoms. The van der Waals surface area contributed by atoms with Gasteiger partial charge in [0.2, 0.25) is 5.91 Å². The van der Waals surface area contributed by atoms with Gasteiger partial charge in [-0.05, 0) is 49.1 Å². The van der Waals surface area contributed by atoms with Crippen LogP contribution in [0.15, 0.2) is 54.6 Å². The predicted molar refractivity (Wildman–Crippen MR) is 106 cm³/mol. The molecule has 1 fully saturated rings. The van der Waals surface area contributed by atoms with Crippen molar-refractivity contribution in [1.29, 1.82) is 0 Å². The highest BCUT2D eigenvalue weighted by atomic mass is 19.1. The van der Waals surface area contributed by atoms with E-state index in [0.717, 1.165) is 18.4 Å². The number of hydrogen-bond acceptors (Lipinski definition) is 4. The minimum absolute atomic E-state index is 0.00476. The second-order valence-electron chi connectivity index (χ2n) is 7.06. The van der Waals surface area contributed by atoms with E-state index in [0.29, 0.717) is 18.8 Å². The van der Waals surface area contributed by atoms with Gasteiger partial charge >= 0.3 is 0 Å². The maximum Gasteiger partial charge on any atom is 0.258 e. The summed E-state index contributed by atoms with van der Waals surface area (Å²) in [7, 11) is 0. The van der Waals surface area contributed by atoms with Crippen LogP contribution in [0.2, 0.25) is 0 Å². The third-order valence-electron chi connectivity index (χ3n) is 4.69. The number of carbonyl (C=O) groups excluding carboxylic acids is 2. The molecule has 6 nitrogen and oxygen atoms in total. The number of rotatable bonds is 9. The number of hydrogen-bond donors (Lipinski definition) is 2. The molecule has 0 aromatic heterocycles. The van der Waals surface area contributed by atoms with E-state index in [-0.39, 0.29) is 42.9 Å². The maximum atomic E-state index is 12.9. The molecule has 2 atom stereocenters. The molecule has 154 valence electrons. The zero-order chi connectivity index (χ0) is 20.5. The Morgan fingerprint density at radius 1 is 0.897 bits per heavy atom. The van der Waals surface area contributed by atoms with Crippen molar-refractivity contribution < 1.29 is 23.5 Å². The first-order valence-electron chi connectivity index (χ1n) is 9.67. The van der Waals surface area contributed by atoms with Gasteiger partial charge in [0.25, 0.3) is 5.91 Å². The maximum absolute atomic E-state index is 12.9. The molecule has 0 aliphatic heterocycles. The van der Waals surface area contributed by atoms with Crippen molar-refractivity contribution in [1.82, 2.24) is 10.6 Å². The summed E-state index contributed by atoms with van der Waals surface area (Å²) < 4.78 is 23.6. The van der Waals surface area contributed by atoms with Crippen LogP contribution in [0.4, 0.5) is 4.39 Å². The van der Waals surface area contributed by atoms with Crippen LogP contribution in [-0.2, 0) is 20.9 Å². The van der Waals surface area contributed by atoms with Crippen LogP contribution in [-0.4, -0.2) is 37.1 Å². The van der Waals surface area contributed by atoms with Crippen molar-refractivity contribution in [2.24, 2.45) is 0 Å². The van der Waals surface area contributed by atoms with Gasteiger partial charge in [-0.1, -0.05) is 30.3 Å². The zero-order valence-electron chi connectivity index (χ0n) is 16.1. The molecule has 2 N–H and O–H groups in total. The van der Waals surface area contributed by atoms with Crippen molar-refractivity contribution in [3.63, 3.8) is 0 Å². The summed E-state index contributed by atoms with van der Waals surface area (Å²) >= 11 is 0. The Bertz CT molecular complexity index is 798. The van der Waals surface area contributed by atoms with Crippen LogP contribution in [0.3, 0.4) is 0 Å². The number of halogens is 1. The van der Waals surface area contributed by atoms with Crippen LogP contribution in [0.25, 0.3) is 0 Å². The molecule has 0 spiro atoms. The lowest BCUT2D eigenvalue weighted by Gasteiger charge is -2.15. The van der Waals surface area contributed by atoms with E-state index in [1.165, 1.54) is 24.3 Å². The van der Waals surface area contributed by atoms with Crippen molar-refractivity contribution in [2.45, 2.75) is 38.0 Å². The molecule has 0 radical (unpaired) electrons. The molecular weight excluding hydrogens is 375 g/mol. The molecular formula is C22H25FN2O4. The van der Waals surface area contributed by atoms with Crippen LogP contribution in [0.5, 0.6) is 5.75 Å². The number of ether oxygens (including phenoxy) is 2. The summed E-state index contributed by atoms with van der Waals surface area (Å²) in [5.41, 5.74) is 1.02. The van der Waals surface area contributed by atoms with Crippen molar-refractivity contribution in [3.05, 3.63) is 66.0 Å². The van der Waals surface area contributed by atoms with Crippen molar-refractivity contribution >= 4 is 11.8 Å². The highest BCUT2D eigenvalue weighted by molar-refractivity contribution is 5.78. The van der Waals surface area contributed by atoms with Crippen LogP contribution in [0, 0.1) is 5.82 Å². The van der Waals surface area contributed by atoms with E-state index in [9.17, 15) is 14.0 Å². The first-order chi connectivity index (χ1) is 14.1. The fourth-order valence-corrected chi connectivity index (χ4v) is 3.30. The summed E-state index contributed by atoms with van der Waals surface area (Å²) in [6, 6.07) is 15.2. The molecule has 0 saturated heterocycles. The Morgan fingerprint density at radius 3 is 2.17 bits per heavy atom. The number of amides is 2. The third kappa shape index (κ3) is 7.19. The van der Waals surface area contributed by atoms with Gasteiger partial charge < -0.3 is 20.1 Å². The Kier molecular flexibility index (Phi) is 7.58. The minimum atomic E-state index is -0.355. The second kappa shape index (κ2) is 10.6. The van der Waals surface area contributed by atoms with Gasteiger partial charge in [0.05, 0.1) is 6.61 Å². The number of benzene rings is 2. The molecule has 0 bridgehead atoms. The summed E-state index contributed by atoms with van der Waals surface area (Å²) in [5.74, 6) is -0.310. The topological polar surface area (TPSA) is 76.7 Å². The number of nitrogens with one attached hydrogen (secondary N) is 2. The monoisotopic (exact) mass is 400 g/mol. The summed E-state index contributed by atoms with van der Waals surface area (Å²) in [6.07, 6.45) is 2.26. The minimum Gasteiger partial charge on any atom is -0.484 e. The molecule has 7 heteroatoms. The van der Waals surface area contributed by atoms with Gasteiger partial charge in [-0.3, -0.25) is 9.59 Å². The normalized spacial score (nSPS) is 18.2. The Balaban J connectivity index is 1.30. The largest absolute Gasteiger partial charge is 0.484 e. The molecule has 0 heterocycles. The molecule has 2 aromatic rings. The van der Waals surface area contributed by atoms with E-state index in [2.05, 4.69) is 10.6 Å². The molecule has 1 aliphatic carbocycles. The highest BCUT2D eigenvalue weighted by Gasteiger charge is 2.27. The smallest absolute Gasteiger partial charge is 0.258 e. The van der Waals surface area contributed by atoms with E-state index >= 15 is 0 Å². The SMILES string of the molecule is O=C(COCc1ccccc1)N[C@@H]1CC[C@H](NC(=O)COc2ccc(F)cc2)C1. The standard InChI is InChI=1S/C22H25FN2O4/c23-17-6-10-20(11-7-17)29-15-22(27)25-19-9-8-18(12-19)24-21(26)14-28-13-16-4-2-1-3-5-16/h1-7,10-11,18-19H,8-9,12-15H2,(H,24,26)(H,25,27)/t18-,19+/m1/s1. The molecule has 2 amide bonds. The van der Waals surface area contributed by atoms with Gasteiger partial charge in [0, 0.05) is 12.1 Å². The quantitative estimate of drug-likeness (QED) is 0.678. The molecule has 0 unspecified atom stereocenters. The molecule has 3 rings (SSSR count). The van der Waals surface area contributed by atoms with Gasteiger partial charge in [-0.25, -0.2) is 4.39 Å². The first kappa shape index (κ1) is 20.8. The van der Waals surface area contributed by atoms with Crippen LogP contribution >= 0.6 is 0 Å². The van der Waals surface area contributed by atoms with Crippen molar-refractivity contribution in [3.8, 4) is 5.75 Å². The van der Waals surface area contributed by atoms with Crippen LogP contribution in [0.1, 0.15) is 24.8 Å². The van der Waals surface area contributed by atoms with E-state index in [1.807, 2.05) is 30.3 Å². The predicted octanol–water partition coefficient (Wildman–Crippen LogP) is 2.57. The highest BCUT2D eigenvalue weighted by Crippen LogP contribution is 2.19. The average molecular weight is 400 g/mol. The van der Waals surface area contributed by atoms with Gasteiger partial charge in [0.15, 0.2) is 6.61 Å². The Morgan fingerprint density at radius 2 is 1.52 bits per heavy atom. The Labute approximate surface area is 169 Å². The van der Waals surface area contributed by atoms with Crippen molar-refractivity contribution in [2.75, 3.05) is 13.2 Å². The van der Waals surface area contributed by atoms with Gasteiger partial charge in [-0.2, -0.15) is 0 Å².